The summed E-state index contributed by atoms with van der Waals surface area (Å²) in [6.07, 6.45) is -14.6. The molecule has 1 aromatic carbocycles. The predicted octanol–water partition coefficient (Wildman–Crippen LogP) is 5.51. The predicted molar refractivity (Wildman–Crippen MR) is 93.7 cm³/mol. The van der Waals surface area contributed by atoms with E-state index in [1.807, 2.05) is 0 Å². The van der Waals surface area contributed by atoms with Crippen molar-refractivity contribution in [2.45, 2.75) is 38.0 Å². The highest BCUT2D eigenvalue weighted by atomic mass is 127. The second-order valence-corrected chi connectivity index (χ2v) is 7.16. The minimum atomic E-state index is -6.23. The zero-order chi connectivity index (χ0) is 21.4. The van der Waals surface area contributed by atoms with Gasteiger partial charge in [-0.25, -0.2) is 9.45 Å². The van der Waals surface area contributed by atoms with Crippen molar-refractivity contribution < 1.29 is 40.4 Å². The minimum absolute atomic E-state index is 0.0957. The normalized spacial score (nSPS) is 23.0. The zero-order valence-corrected chi connectivity index (χ0v) is 16.5. The number of halogens is 8. The molecule has 0 unspecified atom stereocenters. The molecule has 0 aliphatic carbocycles. The van der Waals surface area contributed by atoms with E-state index in [2.05, 4.69) is 0 Å². The molecule has 1 saturated heterocycles. The van der Waals surface area contributed by atoms with Gasteiger partial charge in [-0.2, -0.15) is 26.3 Å². The van der Waals surface area contributed by atoms with Crippen LogP contribution in [0.15, 0.2) is 40.0 Å². The van der Waals surface area contributed by atoms with Crippen molar-refractivity contribution in [1.82, 2.24) is 5.06 Å². The number of carbonyl (C=O) groups is 1. The van der Waals surface area contributed by atoms with Crippen LogP contribution in [-0.4, -0.2) is 35.5 Å². The number of hydrogen-bond donors (Lipinski definition) is 0. The van der Waals surface area contributed by atoms with Crippen LogP contribution in [0.5, 0.6) is 0 Å². The van der Waals surface area contributed by atoms with Gasteiger partial charge in [0.2, 0.25) is 0 Å². The third-order valence-corrected chi connectivity index (χ3v) is 5.33. The van der Waals surface area contributed by atoms with Gasteiger partial charge in [0.1, 0.15) is 6.61 Å². The molecule has 0 aromatic heterocycles. The Bertz CT molecular complexity index is 734. The first-order chi connectivity index (χ1) is 12.8. The summed E-state index contributed by atoms with van der Waals surface area (Å²) >= 11 is 1.59. The summed E-state index contributed by atoms with van der Waals surface area (Å²) in [5.41, 5.74) is -7.36. The number of hydroxylamine groups is 2. The third-order valence-electron chi connectivity index (χ3n) is 4.58. The molecule has 3 nitrogen and oxygen atoms in total. The summed E-state index contributed by atoms with van der Waals surface area (Å²) in [5.74, 6) is -1.16. The highest BCUT2D eigenvalue weighted by Crippen LogP contribution is 2.55. The van der Waals surface area contributed by atoms with Crippen LogP contribution >= 0.6 is 22.6 Å². The fraction of sp³-hybridized carbons (Fsp3) is 0.471. The molecule has 1 aromatic rings. The number of benzene rings is 1. The summed E-state index contributed by atoms with van der Waals surface area (Å²) in [7, 11) is 0. The molecular weight excluding hydrogens is 510 g/mol. The first-order valence-electron chi connectivity index (χ1n) is 7.87. The van der Waals surface area contributed by atoms with Gasteiger partial charge in [0.05, 0.1) is 12.0 Å². The van der Waals surface area contributed by atoms with E-state index in [-0.39, 0.29) is 18.7 Å². The molecule has 0 spiro atoms. The summed E-state index contributed by atoms with van der Waals surface area (Å²) in [5, 5.41) is 0.671. The van der Waals surface area contributed by atoms with E-state index in [9.17, 15) is 35.5 Å². The Labute approximate surface area is 169 Å². The van der Waals surface area contributed by atoms with Crippen molar-refractivity contribution in [1.29, 1.82) is 0 Å². The van der Waals surface area contributed by atoms with Crippen molar-refractivity contribution in [2.24, 2.45) is 5.41 Å². The Morgan fingerprint density at radius 3 is 2.11 bits per heavy atom. The van der Waals surface area contributed by atoms with Gasteiger partial charge in [-0.1, -0.05) is 52.9 Å². The number of amides is 1. The van der Waals surface area contributed by atoms with E-state index >= 15 is 0 Å². The Morgan fingerprint density at radius 2 is 1.64 bits per heavy atom. The largest absolute Gasteiger partial charge is 0.431 e. The van der Waals surface area contributed by atoms with Crippen LogP contribution in [0.2, 0.25) is 0 Å². The molecule has 28 heavy (non-hydrogen) atoms. The van der Waals surface area contributed by atoms with Gasteiger partial charge in [-0.3, -0.25) is 9.63 Å². The Balaban J connectivity index is 2.30. The molecule has 1 atom stereocenters. The van der Waals surface area contributed by atoms with Gasteiger partial charge in [-0.05, 0) is 22.1 Å². The molecule has 156 valence electrons. The molecule has 0 saturated carbocycles. The van der Waals surface area contributed by atoms with E-state index in [0.29, 0.717) is 10.6 Å². The molecular formula is C17H15F7INO2. The monoisotopic (exact) mass is 525 g/mol. The van der Waals surface area contributed by atoms with Gasteiger partial charge in [-0.15, -0.1) is 0 Å². The highest BCUT2D eigenvalue weighted by molar-refractivity contribution is 14.1. The van der Waals surface area contributed by atoms with Gasteiger partial charge in [0, 0.05) is 6.42 Å². The number of carbonyl (C=O) groups excluding carboxylic acids is 1. The fourth-order valence-corrected chi connectivity index (χ4v) is 3.72. The number of alkyl halides is 7. The molecule has 1 aliphatic heterocycles. The number of hydrogen-bond acceptors (Lipinski definition) is 2. The van der Waals surface area contributed by atoms with E-state index in [1.165, 1.54) is 4.08 Å². The maximum atomic E-state index is 14.3. The van der Waals surface area contributed by atoms with Gasteiger partial charge < -0.3 is 0 Å². The Morgan fingerprint density at radius 1 is 1.11 bits per heavy atom. The standard InChI is InChI=1S/C17H15F7INO2/c1-14(10-15(18,16(19,20)21)17(22,23)24)12(7-25)8-26(13(14)27)28-9-11-5-3-2-4-6-11/h2-7H,8-10H2,1H3/b12-7+/t14-/m0/s1. The molecule has 1 amide bonds. The summed E-state index contributed by atoms with van der Waals surface area (Å²) < 4.78 is 93.3. The smallest absolute Gasteiger partial charge is 0.272 e. The third kappa shape index (κ3) is 4.14. The quantitative estimate of drug-likeness (QED) is 0.375. The van der Waals surface area contributed by atoms with E-state index in [4.69, 9.17) is 4.84 Å². The van der Waals surface area contributed by atoms with Gasteiger partial charge in [0.15, 0.2) is 0 Å². The average Bonchev–Trinajstić information content (AvgIpc) is 2.82. The van der Waals surface area contributed by atoms with Crippen LogP contribution in [0, 0.1) is 5.41 Å². The van der Waals surface area contributed by atoms with Crippen LogP contribution in [0.1, 0.15) is 18.9 Å². The van der Waals surface area contributed by atoms with Crippen LogP contribution in [-0.2, 0) is 16.2 Å². The maximum absolute atomic E-state index is 14.3. The van der Waals surface area contributed by atoms with Crippen molar-refractivity contribution in [3.8, 4) is 0 Å². The highest BCUT2D eigenvalue weighted by Gasteiger charge is 2.75. The summed E-state index contributed by atoms with van der Waals surface area (Å²) in [4.78, 5) is 17.9. The second-order valence-electron chi connectivity index (χ2n) is 6.54. The molecule has 0 N–H and O–H groups in total. The average molecular weight is 525 g/mol. The van der Waals surface area contributed by atoms with E-state index in [1.54, 1.807) is 52.9 Å². The molecule has 1 aliphatic rings. The lowest BCUT2D eigenvalue weighted by atomic mass is 9.75. The molecule has 1 fully saturated rings. The second kappa shape index (κ2) is 7.81. The lowest BCUT2D eigenvalue weighted by molar-refractivity contribution is -0.347. The van der Waals surface area contributed by atoms with E-state index < -0.39 is 35.8 Å². The maximum Gasteiger partial charge on any atom is 0.431 e. The van der Waals surface area contributed by atoms with Crippen LogP contribution in [0.25, 0.3) is 0 Å². The number of rotatable bonds is 5. The zero-order valence-electron chi connectivity index (χ0n) is 14.4. The molecule has 1 heterocycles. The van der Waals surface area contributed by atoms with Crippen molar-refractivity contribution in [3.05, 3.63) is 45.6 Å². The first-order valence-corrected chi connectivity index (χ1v) is 9.12. The van der Waals surface area contributed by atoms with E-state index in [0.717, 1.165) is 6.92 Å². The van der Waals surface area contributed by atoms with Crippen LogP contribution < -0.4 is 0 Å². The van der Waals surface area contributed by atoms with Gasteiger partial charge >= 0.3 is 18.0 Å². The SMILES string of the molecule is C[C@@]1(CC(F)(C(F)(F)F)C(F)(F)F)C(=O)N(OCc2ccccc2)C/C1=C\I. The molecule has 0 bridgehead atoms. The minimum Gasteiger partial charge on any atom is -0.272 e. The lowest BCUT2D eigenvalue weighted by Gasteiger charge is -2.35. The van der Waals surface area contributed by atoms with Crippen molar-refractivity contribution in [2.75, 3.05) is 6.54 Å². The molecule has 11 heteroatoms. The molecule has 0 radical (unpaired) electrons. The molecule has 2 rings (SSSR count). The van der Waals surface area contributed by atoms with Crippen LogP contribution in [0.3, 0.4) is 0 Å². The fourth-order valence-electron chi connectivity index (χ4n) is 2.84. The van der Waals surface area contributed by atoms with Crippen LogP contribution in [0.4, 0.5) is 30.7 Å². The van der Waals surface area contributed by atoms with Crippen molar-refractivity contribution in [3.63, 3.8) is 0 Å². The van der Waals surface area contributed by atoms with Crippen molar-refractivity contribution >= 4 is 28.5 Å². The Hall–Kier alpha value is -1.37. The number of nitrogens with zero attached hydrogens (tertiary/aromatic N) is 1. The van der Waals surface area contributed by atoms with Gasteiger partial charge in [0.25, 0.3) is 5.91 Å². The lowest BCUT2D eigenvalue weighted by Crippen LogP contribution is -2.56. The summed E-state index contributed by atoms with van der Waals surface area (Å²) in [6.45, 7) is 0.366. The first kappa shape index (κ1) is 22.9. The Kier molecular flexibility index (Phi) is 6.39. The summed E-state index contributed by atoms with van der Waals surface area (Å²) in [6, 6.07) is 8.43. The topological polar surface area (TPSA) is 29.5 Å².